The fourth-order valence-corrected chi connectivity index (χ4v) is 2.13. The third-order valence-corrected chi connectivity index (χ3v) is 2.87. The van der Waals surface area contributed by atoms with Crippen molar-refractivity contribution in [2.24, 2.45) is 0 Å². The standard InChI is InChI=1S/C13H19NOS/c1-13(2,3)14-12(15)9-10-16-11-7-5-4-6-8-11/h4-8H,9-10H2,1-3H3,(H,14,15). The number of carbonyl (C=O) groups is 1. The van der Waals surface area contributed by atoms with E-state index in [4.69, 9.17) is 0 Å². The summed E-state index contributed by atoms with van der Waals surface area (Å²) in [4.78, 5) is 12.7. The van der Waals surface area contributed by atoms with Gasteiger partial charge in [0.25, 0.3) is 0 Å². The minimum atomic E-state index is -0.130. The van der Waals surface area contributed by atoms with Crippen LogP contribution in [-0.2, 0) is 4.79 Å². The van der Waals surface area contributed by atoms with E-state index in [1.807, 2.05) is 39.0 Å². The number of thioether (sulfide) groups is 1. The van der Waals surface area contributed by atoms with Crippen LogP contribution in [0.4, 0.5) is 0 Å². The summed E-state index contributed by atoms with van der Waals surface area (Å²) in [6.07, 6.45) is 0.566. The summed E-state index contributed by atoms with van der Waals surface area (Å²) in [5, 5.41) is 2.95. The molecule has 0 fully saturated rings. The molecule has 2 nitrogen and oxygen atoms in total. The lowest BCUT2D eigenvalue weighted by Crippen LogP contribution is -2.40. The Labute approximate surface area is 102 Å². The number of hydrogen-bond donors (Lipinski definition) is 1. The first-order valence-corrected chi connectivity index (χ1v) is 6.45. The lowest BCUT2D eigenvalue weighted by molar-refractivity contribution is -0.122. The monoisotopic (exact) mass is 237 g/mol. The summed E-state index contributed by atoms with van der Waals surface area (Å²) >= 11 is 1.71. The van der Waals surface area contributed by atoms with Crippen LogP contribution < -0.4 is 5.32 Å². The van der Waals surface area contributed by atoms with Gasteiger partial charge in [-0.15, -0.1) is 11.8 Å². The molecule has 0 radical (unpaired) electrons. The second kappa shape index (κ2) is 5.94. The van der Waals surface area contributed by atoms with Gasteiger partial charge < -0.3 is 5.32 Å². The van der Waals surface area contributed by atoms with Crippen molar-refractivity contribution < 1.29 is 4.79 Å². The van der Waals surface area contributed by atoms with Crippen molar-refractivity contribution >= 4 is 17.7 Å². The molecule has 1 N–H and O–H groups in total. The average molecular weight is 237 g/mol. The Hall–Kier alpha value is -0.960. The van der Waals surface area contributed by atoms with Crippen LogP contribution >= 0.6 is 11.8 Å². The van der Waals surface area contributed by atoms with Crippen LogP contribution in [0.1, 0.15) is 27.2 Å². The Balaban J connectivity index is 2.24. The highest BCUT2D eigenvalue weighted by atomic mass is 32.2. The molecule has 0 atom stereocenters. The van der Waals surface area contributed by atoms with Gasteiger partial charge in [-0.2, -0.15) is 0 Å². The Bertz CT molecular complexity index is 330. The largest absolute Gasteiger partial charge is 0.351 e. The summed E-state index contributed by atoms with van der Waals surface area (Å²) in [6.45, 7) is 5.99. The highest BCUT2D eigenvalue weighted by Gasteiger charge is 2.12. The van der Waals surface area contributed by atoms with Crippen molar-refractivity contribution in [2.45, 2.75) is 37.6 Å². The van der Waals surface area contributed by atoms with E-state index in [1.165, 1.54) is 4.90 Å². The van der Waals surface area contributed by atoms with Crippen molar-refractivity contribution in [3.63, 3.8) is 0 Å². The number of carbonyl (C=O) groups excluding carboxylic acids is 1. The molecule has 16 heavy (non-hydrogen) atoms. The van der Waals surface area contributed by atoms with Crippen LogP contribution in [0.2, 0.25) is 0 Å². The van der Waals surface area contributed by atoms with Gasteiger partial charge in [-0.1, -0.05) is 18.2 Å². The molecule has 3 heteroatoms. The van der Waals surface area contributed by atoms with Gasteiger partial charge in [-0.25, -0.2) is 0 Å². The zero-order chi connectivity index (χ0) is 12.0. The lowest BCUT2D eigenvalue weighted by atomic mass is 10.1. The van der Waals surface area contributed by atoms with Crippen molar-refractivity contribution in [1.29, 1.82) is 0 Å². The molecular weight excluding hydrogens is 218 g/mol. The zero-order valence-corrected chi connectivity index (χ0v) is 10.9. The molecule has 0 aliphatic heterocycles. The first-order valence-electron chi connectivity index (χ1n) is 5.46. The third-order valence-electron chi connectivity index (χ3n) is 1.86. The summed E-state index contributed by atoms with van der Waals surface area (Å²) < 4.78 is 0. The van der Waals surface area contributed by atoms with Crippen molar-refractivity contribution in [2.75, 3.05) is 5.75 Å². The van der Waals surface area contributed by atoms with Gasteiger partial charge in [0.1, 0.15) is 0 Å². The predicted octanol–water partition coefficient (Wildman–Crippen LogP) is 3.08. The molecule has 88 valence electrons. The molecule has 0 aliphatic rings. The first-order chi connectivity index (χ1) is 7.47. The minimum Gasteiger partial charge on any atom is -0.351 e. The SMILES string of the molecule is CC(C)(C)NC(=O)CCSc1ccccc1. The molecule has 1 rings (SSSR count). The third kappa shape index (κ3) is 5.81. The fraction of sp³-hybridized carbons (Fsp3) is 0.462. The highest BCUT2D eigenvalue weighted by molar-refractivity contribution is 7.99. The summed E-state index contributed by atoms with van der Waals surface area (Å²) in [5.41, 5.74) is -0.130. The van der Waals surface area contributed by atoms with Crippen molar-refractivity contribution in [3.8, 4) is 0 Å². The van der Waals surface area contributed by atoms with Gasteiger partial charge in [-0.05, 0) is 32.9 Å². The molecular formula is C13H19NOS. The van der Waals surface area contributed by atoms with Gasteiger partial charge in [0, 0.05) is 22.6 Å². The van der Waals surface area contributed by atoms with Gasteiger partial charge in [0.05, 0.1) is 0 Å². The summed E-state index contributed by atoms with van der Waals surface area (Å²) in [5.74, 6) is 0.947. The maximum absolute atomic E-state index is 11.5. The maximum Gasteiger partial charge on any atom is 0.221 e. The second-order valence-electron chi connectivity index (χ2n) is 4.71. The van der Waals surface area contributed by atoms with E-state index in [0.717, 1.165) is 5.75 Å². The number of nitrogens with one attached hydrogen (secondary N) is 1. The minimum absolute atomic E-state index is 0.121. The normalized spacial score (nSPS) is 11.2. The molecule has 0 aliphatic carbocycles. The van der Waals surface area contributed by atoms with E-state index in [1.54, 1.807) is 11.8 Å². The van der Waals surface area contributed by atoms with Crippen LogP contribution in [0.25, 0.3) is 0 Å². The van der Waals surface area contributed by atoms with Crippen LogP contribution in [0.3, 0.4) is 0 Å². The van der Waals surface area contributed by atoms with Crippen LogP contribution in [0.15, 0.2) is 35.2 Å². The number of rotatable bonds is 4. The number of benzene rings is 1. The molecule has 0 unspecified atom stereocenters. The maximum atomic E-state index is 11.5. The predicted molar refractivity (Wildman–Crippen MR) is 69.7 cm³/mol. The fourth-order valence-electron chi connectivity index (χ4n) is 1.26. The van der Waals surface area contributed by atoms with Crippen molar-refractivity contribution in [3.05, 3.63) is 30.3 Å². The van der Waals surface area contributed by atoms with Gasteiger partial charge in [-0.3, -0.25) is 4.79 Å². The Morgan fingerprint density at radius 1 is 1.25 bits per heavy atom. The van der Waals surface area contributed by atoms with Crippen LogP contribution in [0.5, 0.6) is 0 Å². The summed E-state index contributed by atoms with van der Waals surface area (Å²) in [6, 6.07) is 10.1. The molecule has 1 amide bonds. The topological polar surface area (TPSA) is 29.1 Å². The molecule has 0 spiro atoms. The average Bonchev–Trinajstić information content (AvgIpc) is 2.16. The Kier molecular flexibility index (Phi) is 4.87. The van der Waals surface area contributed by atoms with Gasteiger partial charge >= 0.3 is 0 Å². The zero-order valence-electron chi connectivity index (χ0n) is 10.1. The first kappa shape index (κ1) is 13.1. The van der Waals surface area contributed by atoms with Gasteiger partial charge in [0.15, 0.2) is 0 Å². The van der Waals surface area contributed by atoms with Crippen LogP contribution in [0, 0.1) is 0 Å². The van der Waals surface area contributed by atoms with E-state index in [9.17, 15) is 4.79 Å². The smallest absolute Gasteiger partial charge is 0.221 e. The van der Waals surface area contributed by atoms with E-state index in [-0.39, 0.29) is 11.4 Å². The molecule has 0 bridgehead atoms. The molecule has 0 saturated heterocycles. The molecule has 0 saturated carbocycles. The second-order valence-corrected chi connectivity index (χ2v) is 5.88. The van der Waals surface area contributed by atoms with Crippen molar-refractivity contribution in [1.82, 2.24) is 5.32 Å². The van der Waals surface area contributed by atoms with E-state index in [2.05, 4.69) is 17.4 Å². The lowest BCUT2D eigenvalue weighted by Gasteiger charge is -2.20. The van der Waals surface area contributed by atoms with E-state index < -0.39 is 0 Å². The molecule has 0 aromatic heterocycles. The van der Waals surface area contributed by atoms with E-state index in [0.29, 0.717) is 6.42 Å². The molecule has 1 aromatic carbocycles. The number of hydrogen-bond acceptors (Lipinski definition) is 2. The van der Waals surface area contributed by atoms with Gasteiger partial charge in [0.2, 0.25) is 5.91 Å². The molecule has 1 aromatic rings. The van der Waals surface area contributed by atoms with E-state index >= 15 is 0 Å². The quantitative estimate of drug-likeness (QED) is 0.815. The Morgan fingerprint density at radius 2 is 1.88 bits per heavy atom. The Morgan fingerprint density at radius 3 is 2.44 bits per heavy atom. The highest BCUT2D eigenvalue weighted by Crippen LogP contribution is 2.17. The summed E-state index contributed by atoms with van der Waals surface area (Å²) in [7, 11) is 0. The van der Waals surface area contributed by atoms with Crippen LogP contribution in [-0.4, -0.2) is 17.2 Å². The number of amides is 1. The molecule has 0 heterocycles.